The number of hydrogen-bond donors (Lipinski definition) is 13. The molecular weight excluding hydrogens is 714 g/mol. The molecule has 1 fully saturated rings. The lowest BCUT2D eigenvalue weighted by molar-refractivity contribution is -0.142. The van der Waals surface area contributed by atoms with Crippen LogP contribution in [0.5, 0.6) is 0 Å². The van der Waals surface area contributed by atoms with Crippen molar-refractivity contribution >= 4 is 47.1 Å². The lowest BCUT2D eigenvalue weighted by Crippen LogP contribution is -2.62. The molecule has 300 valence electrons. The minimum absolute atomic E-state index is 0.0794. The van der Waals surface area contributed by atoms with Gasteiger partial charge in [0.25, 0.3) is 0 Å². The normalized spacial score (nSPS) is 23.4. The lowest BCUT2D eigenvalue weighted by Gasteiger charge is -2.27. The van der Waals surface area contributed by atoms with Crippen LogP contribution >= 0.6 is 0 Å². The van der Waals surface area contributed by atoms with Crippen LogP contribution in [0, 0.1) is 0 Å². The van der Waals surface area contributed by atoms with E-state index in [1.54, 1.807) is 30.3 Å². The van der Waals surface area contributed by atoms with Gasteiger partial charge in [-0.15, -0.1) is 0 Å². The molecule has 14 N–H and O–H groups in total. The number of nitrogens with two attached hydrogens (primary N) is 1. The summed E-state index contributed by atoms with van der Waals surface area (Å²) in [5.41, 5.74) is 12.8. The second-order valence-electron chi connectivity index (χ2n) is 12.6. The average Bonchev–Trinajstić information content (AvgIpc) is 3.17. The summed E-state index contributed by atoms with van der Waals surface area (Å²) < 4.78 is 0. The number of ketones is 4. The largest absolute Gasteiger partial charge is 0.394 e. The topological polar surface area (TPSA) is 340 Å². The zero-order valence-electron chi connectivity index (χ0n) is 29.8. The molecule has 0 aliphatic carbocycles. The third kappa shape index (κ3) is 14.4. The fourth-order valence-electron chi connectivity index (χ4n) is 5.20. The molecule has 1 aliphatic heterocycles. The Kier molecular flexibility index (Phi) is 20.4. The molecule has 1 aromatic rings. The Morgan fingerprint density at radius 1 is 0.963 bits per heavy atom. The number of hydrazine groups is 3. The van der Waals surface area contributed by atoms with Gasteiger partial charge in [0.15, 0.2) is 0 Å². The van der Waals surface area contributed by atoms with Crippen molar-refractivity contribution < 1.29 is 58.8 Å². The number of Topliss-reactive ketones (excluding diaryl/α,β-unsaturated/α-hetero) is 4. The molecule has 1 aliphatic rings. The van der Waals surface area contributed by atoms with E-state index in [1.165, 1.54) is 0 Å². The van der Waals surface area contributed by atoms with E-state index >= 15 is 0 Å². The smallest absolute Gasteiger partial charge is 0.241 e. The summed E-state index contributed by atoms with van der Waals surface area (Å²) >= 11 is 0. The number of hydrogen-bond acceptors (Lipinski definition) is 18. The van der Waals surface area contributed by atoms with Crippen molar-refractivity contribution in [3.05, 3.63) is 35.9 Å². The van der Waals surface area contributed by atoms with Gasteiger partial charge in [0, 0.05) is 13.0 Å². The van der Waals surface area contributed by atoms with Gasteiger partial charge in [0.05, 0.1) is 44.1 Å². The summed E-state index contributed by atoms with van der Waals surface area (Å²) in [6, 6.07) is -1.43. The van der Waals surface area contributed by atoms with Crippen molar-refractivity contribution in [1.82, 2.24) is 43.1 Å². The van der Waals surface area contributed by atoms with Gasteiger partial charge in [-0.3, -0.25) is 39.4 Å². The van der Waals surface area contributed by atoms with Crippen molar-refractivity contribution in [3.63, 3.8) is 0 Å². The van der Waals surface area contributed by atoms with E-state index in [4.69, 9.17) is 5.84 Å². The van der Waals surface area contributed by atoms with E-state index in [1.807, 2.05) is 0 Å². The van der Waals surface area contributed by atoms with Crippen molar-refractivity contribution in [3.8, 4) is 0 Å². The van der Waals surface area contributed by atoms with E-state index in [9.17, 15) is 58.8 Å². The van der Waals surface area contributed by atoms with Crippen LogP contribution in [-0.2, 0) is 44.8 Å². The minimum Gasteiger partial charge on any atom is -0.394 e. The van der Waals surface area contributed by atoms with Crippen LogP contribution < -0.4 is 48.9 Å². The molecule has 54 heavy (non-hydrogen) atoms. The molecule has 2 rings (SSSR count). The van der Waals surface area contributed by atoms with Gasteiger partial charge in [-0.1, -0.05) is 30.3 Å². The van der Waals surface area contributed by atoms with Crippen LogP contribution in [0.3, 0.4) is 0 Å². The van der Waals surface area contributed by atoms with Crippen LogP contribution in [0.25, 0.3) is 0 Å². The highest BCUT2D eigenvalue weighted by atomic mass is 16.3. The van der Waals surface area contributed by atoms with Gasteiger partial charge >= 0.3 is 0 Å². The summed E-state index contributed by atoms with van der Waals surface area (Å²) in [4.78, 5) is 103. The van der Waals surface area contributed by atoms with Crippen LogP contribution in [0.2, 0.25) is 0 Å². The summed E-state index contributed by atoms with van der Waals surface area (Å²) in [5, 5.41) is 46.7. The summed E-state index contributed by atoms with van der Waals surface area (Å²) in [7, 11) is 0. The first-order chi connectivity index (χ1) is 25.8. The van der Waals surface area contributed by atoms with Crippen LogP contribution in [0.4, 0.5) is 0 Å². The number of rotatable bonds is 16. The maximum atomic E-state index is 13.5. The molecule has 2 unspecified atom stereocenters. The first-order valence-corrected chi connectivity index (χ1v) is 17.3. The maximum absolute atomic E-state index is 13.5. The van der Waals surface area contributed by atoms with Gasteiger partial charge in [0.2, 0.25) is 40.9 Å². The molecule has 1 heterocycles. The Hall–Kier alpha value is -4.42. The fourth-order valence-corrected chi connectivity index (χ4v) is 5.20. The Labute approximate surface area is 310 Å². The van der Waals surface area contributed by atoms with E-state index in [-0.39, 0.29) is 45.1 Å². The molecule has 21 heteroatoms. The second-order valence-corrected chi connectivity index (χ2v) is 12.6. The van der Waals surface area contributed by atoms with E-state index in [2.05, 4.69) is 43.1 Å². The van der Waals surface area contributed by atoms with Crippen LogP contribution in [0.15, 0.2) is 30.3 Å². The maximum Gasteiger partial charge on any atom is 0.241 e. The van der Waals surface area contributed by atoms with Crippen LogP contribution in [0.1, 0.15) is 44.6 Å². The molecule has 0 bridgehead atoms. The zero-order valence-corrected chi connectivity index (χ0v) is 29.8. The molecule has 3 amide bonds. The van der Waals surface area contributed by atoms with Gasteiger partial charge in [0.1, 0.15) is 30.5 Å². The predicted molar refractivity (Wildman–Crippen MR) is 188 cm³/mol. The summed E-state index contributed by atoms with van der Waals surface area (Å²) in [6.45, 7) is -1.37. The van der Waals surface area contributed by atoms with Gasteiger partial charge in [-0.2, -0.15) is 0 Å². The van der Waals surface area contributed by atoms with Crippen molar-refractivity contribution in [1.29, 1.82) is 0 Å². The number of amides is 3. The lowest BCUT2D eigenvalue weighted by atomic mass is 9.96. The standard InChI is InChI=1S/C33H51N9O12/c1-18(47)27-31(52)29(50)22(40-39-20(14-43)15-44)10-11-26(48)35-12-6-5-9-21(41-42-25(17-46)33(54)37-27)28(49)30(51)24(16-45)36-32(53)23(38-34)13-19-7-3-2-4-8-19/h2-4,7-8,14,18,20-25,27,38-42,44-47H,5-6,9-13,15-17,34H2,1H3,(H,35,48)(H,36,53)(H,37,54)/t18-,20-,21?,22?,23+,24+,25+,27+/m1/s1. The van der Waals surface area contributed by atoms with E-state index in [0.717, 1.165) is 12.5 Å². The number of carbonyl (C=O) groups excluding carboxylic acids is 8. The summed E-state index contributed by atoms with van der Waals surface area (Å²) in [6.07, 6.45) is -1.39. The third-order valence-corrected chi connectivity index (χ3v) is 8.43. The van der Waals surface area contributed by atoms with Gasteiger partial charge in [-0.25, -0.2) is 27.1 Å². The van der Waals surface area contributed by atoms with Crippen molar-refractivity contribution in [2.45, 2.75) is 93.8 Å². The quantitative estimate of drug-likeness (QED) is 0.0322. The Morgan fingerprint density at radius 3 is 2.26 bits per heavy atom. The highest BCUT2D eigenvalue weighted by Gasteiger charge is 2.37. The predicted octanol–water partition coefficient (Wildman–Crippen LogP) is -6.39. The Bertz CT molecular complexity index is 1430. The fraction of sp³-hybridized carbons (Fsp3) is 0.576. The van der Waals surface area contributed by atoms with E-state index in [0.29, 0.717) is 6.29 Å². The van der Waals surface area contributed by atoms with Crippen molar-refractivity contribution in [2.75, 3.05) is 26.4 Å². The molecule has 0 spiro atoms. The Balaban J connectivity index is 2.28. The number of nitrogens with one attached hydrogen (secondary N) is 8. The first-order valence-electron chi connectivity index (χ1n) is 17.3. The van der Waals surface area contributed by atoms with Gasteiger partial charge < -0.3 is 41.2 Å². The monoisotopic (exact) mass is 765 g/mol. The second kappa shape index (κ2) is 24.1. The molecular formula is C33H51N9O12. The van der Waals surface area contributed by atoms with Crippen molar-refractivity contribution in [2.24, 2.45) is 5.84 Å². The number of aldehydes is 1. The molecule has 1 aromatic carbocycles. The molecule has 0 aromatic heterocycles. The number of carbonyl (C=O) groups is 8. The number of aliphatic hydroxyl groups is 4. The molecule has 21 nitrogen and oxygen atoms in total. The first kappa shape index (κ1) is 45.7. The highest BCUT2D eigenvalue weighted by molar-refractivity contribution is 6.42. The highest BCUT2D eigenvalue weighted by Crippen LogP contribution is 2.09. The molecule has 0 saturated carbocycles. The number of aliphatic hydroxyl groups excluding tert-OH is 4. The molecule has 8 atom stereocenters. The molecule has 0 radical (unpaired) electrons. The van der Waals surface area contributed by atoms with Crippen LogP contribution in [-0.4, -0.2) is 142 Å². The number of benzene rings is 1. The minimum atomic E-state index is -1.86. The average molecular weight is 766 g/mol. The van der Waals surface area contributed by atoms with Gasteiger partial charge in [-0.05, 0) is 44.6 Å². The third-order valence-electron chi connectivity index (χ3n) is 8.43. The van der Waals surface area contributed by atoms with E-state index < -0.39 is 109 Å². The SMILES string of the molecule is C[C@@H](O)[C@@H]1NC(=O)[C@H](CO)NNC(C(=O)C(=O)[C@H](CO)NC(=O)[C@H](Cc2ccccc2)NN)CCCCNC(=O)CCC(NN[C@H](C=O)CO)C(=O)C1=O. The Morgan fingerprint density at radius 2 is 1.67 bits per heavy atom. The zero-order chi connectivity index (χ0) is 40.2. The summed E-state index contributed by atoms with van der Waals surface area (Å²) in [5.74, 6) is -1.69. The molecule has 1 saturated heterocycles.